The van der Waals surface area contributed by atoms with Crippen molar-refractivity contribution in [1.82, 2.24) is 20.5 Å². The molecule has 3 heterocycles. The lowest BCUT2D eigenvalue weighted by atomic mass is 10.2. The quantitative estimate of drug-likeness (QED) is 0.692. The van der Waals surface area contributed by atoms with Crippen LogP contribution < -0.4 is 15.1 Å². The number of pyridine rings is 1. The lowest BCUT2D eigenvalue weighted by Gasteiger charge is -2.31. The highest BCUT2D eigenvalue weighted by Crippen LogP contribution is 2.37. The van der Waals surface area contributed by atoms with E-state index in [0.717, 1.165) is 10.8 Å². The molecule has 2 aliphatic rings. The number of nitrogens with one attached hydrogen (secondary N) is 1. The Balaban J connectivity index is 1.87. The molecule has 8 heteroatoms. The molecular weight excluding hydrogens is 274 g/mol. The first-order valence-corrected chi connectivity index (χ1v) is 6.44. The molecule has 3 N–H and O–H groups in total. The monoisotopic (exact) mass is 291 g/mol. The van der Waals surface area contributed by atoms with Crippen LogP contribution in [0.4, 0.5) is 5.82 Å². The molecule has 0 radical (unpaired) electrons. The minimum Gasteiger partial charge on any atom is -0.506 e. The topological polar surface area (TPSA) is 84.3 Å². The van der Waals surface area contributed by atoms with E-state index in [9.17, 15) is 10.3 Å². The minimum absolute atomic E-state index is 0.0671. The molecule has 0 aliphatic carbocycles. The van der Waals surface area contributed by atoms with Gasteiger partial charge in [0, 0.05) is 32.1 Å². The summed E-state index contributed by atoms with van der Waals surface area (Å²) in [4.78, 5) is 6.05. The molecule has 21 heavy (non-hydrogen) atoms. The van der Waals surface area contributed by atoms with E-state index in [-0.39, 0.29) is 11.9 Å². The average molecular weight is 291 g/mol. The van der Waals surface area contributed by atoms with Gasteiger partial charge >= 0.3 is 0 Å². The summed E-state index contributed by atoms with van der Waals surface area (Å²) in [5.41, 5.74) is 3.92. The van der Waals surface area contributed by atoms with Crippen molar-refractivity contribution >= 4 is 5.82 Å². The first kappa shape index (κ1) is 13.7. The second-order valence-corrected chi connectivity index (χ2v) is 4.97. The summed E-state index contributed by atoms with van der Waals surface area (Å²) in [5.74, 6) is 1.24. The Kier molecular flexibility index (Phi) is 3.42. The Hall–Kier alpha value is -2.29. The molecule has 0 saturated heterocycles. The number of fused-ring (bicyclic) bond motifs is 1. The standard InChI is InChI=1S/C13H17N5O3/c1-16(2)15-12-5-9(3-4-18(12)20)17-8-21-11-6-10(19)7-14-13(11)17/h3-7,12,15,19-20H,8H2,1-2H3. The lowest BCUT2D eigenvalue weighted by molar-refractivity contribution is -0.0905. The average Bonchev–Trinajstić information content (AvgIpc) is 2.83. The number of anilines is 1. The zero-order chi connectivity index (χ0) is 15.0. The number of aromatic hydroxyl groups is 1. The van der Waals surface area contributed by atoms with E-state index in [1.54, 1.807) is 17.3 Å². The van der Waals surface area contributed by atoms with Gasteiger partial charge < -0.3 is 9.84 Å². The Labute approximate surface area is 122 Å². The number of hydrogen-bond donors (Lipinski definition) is 3. The van der Waals surface area contributed by atoms with Gasteiger partial charge in [-0.25, -0.2) is 20.5 Å². The fourth-order valence-electron chi connectivity index (χ4n) is 2.21. The van der Waals surface area contributed by atoms with E-state index in [0.29, 0.717) is 18.3 Å². The maximum absolute atomic E-state index is 9.82. The smallest absolute Gasteiger partial charge is 0.179 e. The van der Waals surface area contributed by atoms with Crippen molar-refractivity contribution in [2.45, 2.75) is 6.17 Å². The van der Waals surface area contributed by atoms with Crippen molar-refractivity contribution in [3.63, 3.8) is 0 Å². The summed E-state index contributed by atoms with van der Waals surface area (Å²) in [6.45, 7) is 0.308. The van der Waals surface area contributed by atoms with Gasteiger partial charge in [0.25, 0.3) is 0 Å². The molecule has 0 fully saturated rings. The molecule has 0 spiro atoms. The number of rotatable bonds is 3. The molecule has 1 atom stereocenters. The highest BCUT2D eigenvalue weighted by Gasteiger charge is 2.27. The zero-order valence-corrected chi connectivity index (χ0v) is 11.8. The Morgan fingerprint density at radius 1 is 1.48 bits per heavy atom. The van der Waals surface area contributed by atoms with Gasteiger partial charge in [0.2, 0.25) is 0 Å². The van der Waals surface area contributed by atoms with E-state index in [1.807, 2.05) is 25.1 Å². The molecule has 8 nitrogen and oxygen atoms in total. The van der Waals surface area contributed by atoms with Crippen LogP contribution in [0.2, 0.25) is 0 Å². The molecule has 1 aromatic rings. The third-order valence-electron chi connectivity index (χ3n) is 3.14. The van der Waals surface area contributed by atoms with Crippen LogP contribution in [0.15, 0.2) is 36.3 Å². The summed E-state index contributed by atoms with van der Waals surface area (Å²) in [6.07, 6.45) is 6.17. The minimum atomic E-state index is -0.388. The Bertz CT molecular complexity index is 601. The second-order valence-electron chi connectivity index (χ2n) is 4.97. The second kappa shape index (κ2) is 5.24. The predicted molar refractivity (Wildman–Crippen MR) is 75.3 cm³/mol. The van der Waals surface area contributed by atoms with Crippen molar-refractivity contribution < 1.29 is 15.1 Å². The number of ether oxygens (including phenoxy) is 1. The van der Waals surface area contributed by atoms with Crippen molar-refractivity contribution in [2.75, 3.05) is 25.7 Å². The summed E-state index contributed by atoms with van der Waals surface area (Å²) >= 11 is 0. The van der Waals surface area contributed by atoms with Crippen LogP contribution in [-0.4, -0.2) is 52.4 Å². The van der Waals surface area contributed by atoms with Crippen LogP contribution >= 0.6 is 0 Å². The maximum atomic E-state index is 9.82. The summed E-state index contributed by atoms with van der Waals surface area (Å²) in [6, 6.07) is 1.53. The first-order chi connectivity index (χ1) is 10.0. The highest BCUT2D eigenvalue weighted by molar-refractivity contribution is 5.62. The largest absolute Gasteiger partial charge is 0.506 e. The zero-order valence-electron chi connectivity index (χ0n) is 11.8. The van der Waals surface area contributed by atoms with Gasteiger partial charge in [0.15, 0.2) is 18.3 Å². The van der Waals surface area contributed by atoms with Crippen molar-refractivity contribution in [3.8, 4) is 11.5 Å². The van der Waals surface area contributed by atoms with Gasteiger partial charge in [-0.1, -0.05) is 0 Å². The van der Waals surface area contributed by atoms with Gasteiger partial charge in [0.05, 0.1) is 6.20 Å². The Morgan fingerprint density at radius 3 is 3.05 bits per heavy atom. The molecule has 0 saturated carbocycles. The number of hydroxylamine groups is 2. The molecule has 0 amide bonds. The van der Waals surface area contributed by atoms with Crippen LogP contribution in [0.3, 0.4) is 0 Å². The molecule has 0 aromatic carbocycles. The number of aromatic nitrogens is 1. The van der Waals surface area contributed by atoms with E-state index in [4.69, 9.17) is 4.74 Å². The van der Waals surface area contributed by atoms with Crippen LogP contribution in [0.5, 0.6) is 11.5 Å². The van der Waals surface area contributed by atoms with Crippen LogP contribution in [0.1, 0.15) is 0 Å². The number of hydrogen-bond acceptors (Lipinski definition) is 8. The summed E-state index contributed by atoms with van der Waals surface area (Å²) in [5, 5.41) is 22.1. The lowest BCUT2D eigenvalue weighted by Crippen LogP contribution is -2.48. The van der Waals surface area contributed by atoms with Crippen molar-refractivity contribution in [3.05, 3.63) is 36.3 Å². The first-order valence-electron chi connectivity index (χ1n) is 6.44. The van der Waals surface area contributed by atoms with Crippen LogP contribution in [0, 0.1) is 0 Å². The van der Waals surface area contributed by atoms with Gasteiger partial charge in [-0.05, 0) is 12.2 Å². The summed E-state index contributed by atoms with van der Waals surface area (Å²) < 4.78 is 5.51. The third-order valence-corrected chi connectivity index (χ3v) is 3.14. The SMILES string of the molecule is CN(C)NC1C=C(N2COc3cc(O)cnc32)C=CN1O. The fraction of sp³-hybridized carbons (Fsp3) is 0.308. The van der Waals surface area contributed by atoms with E-state index in [1.165, 1.54) is 12.3 Å². The number of hydrazine groups is 1. The van der Waals surface area contributed by atoms with E-state index in [2.05, 4.69) is 10.4 Å². The third kappa shape index (κ3) is 2.64. The maximum Gasteiger partial charge on any atom is 0.179 e. The van der Waals surface area contributed by atoms with Crippen LogP contribution in [0.25, 0.3) is 0 Å². The van der Waals surface area contributed by atoms with Gasteiger partial charge in [-0.15, -0.1) is 0 Å². The van der Waals surface area contributed by atoms with Gasteiger partial charge in [0.1, 0.15) is 11.9 Å². The van der Waals surface area contributed by atoms with E-state index < -0.39 is 0 Å². The Morgan fingerprint density at radius 2 is 2.29 bits per heavy atom. The molecule has 1 aromatic heterocycles. The molecule has 3 rings (SSSR count). The van der Waals surface area contributed by atoms with Crippen molar-refractivity contribution in [1.29, 1.82) is 0 Å². The fourth-order valence-corrected chi connectivity index (χ4v) is 2.21. The molecule has 1 unspecified atom stereocenters. The van der Waals surface area contributed by atoms with Gasteiger partial charge in [-0.3, -0.25) is 10.1 Å². The molecular formula is C13H17N5O3. The number of nitrogens with zero attached hydrogens (tertiary/aromatic N) is 4. The molecule has 0 bridgehead atoms. The molecule has 112 valence electrons. The predicted octanol–water partition coefficient (Wildman–Crippen LogP) is 0.438. The van der Waals surface area contributed by atoms with Gasteiger partial charge in [-0.2, -0.15) is 0 Å². The highest BCUT2D eigenvalue weighted by atomic mass is 16.5. The van der Waals surface area contributed by atoms with E-state index >= 15 is 0 Å². The van der Waals surface area contributed by atoms with Crippen molar-refractivity contribution in [2.24, 2.45) is 0 Å². The number of allylic oxidation sites excluding steroid dienone is 1. The molecule has 2 aliphatic heterocycles. The normalized spacial score (nSPS) is 20.6. The van der Waals surface area contributed by atoms with Crippen LogP contribution in [-0.2, 0) is 0 Å². The summed E-state index contributed by atoms with van der Waals surface area (Å²) in [7, 11) is 3.69.